The summed E-state index contributed by atoms with van der Waals surface area (Å²) in [6, 6.07) is 4.48. The molecule has 0 atom stereocenters. The Balaban J connectivity index is 2.15. The van der Waals surface area contributed by atoms with Gasteiger partial charge < -0.3 is 9.84 Å². The predicted octanol–water partition coefficient (Wildman–Crippen LogP) is 2.07. The van der Waals surface area contributed by atoms with Gasteiger partial charge in [0.2, 0.25) is 5.13 Å². The first-order chi connectivity index (χ1) is 9.13. The molecular weight excluding hydrogens is 266 g/mol. The van der Waals surface area contributed by atoms with E-state index in [1.165, 1.54) is 30.6 Å². The molecule has 0 fully saturated rings. The number of aromatic nitrogens is 2. The number of nitrogens with zero attached hydrogens (tertiary/aromatic N) is 2. The van der Waals surface area contributed by atoms with Crippen LogP contribution in [0.25, 0.3) is 0 Å². The largest absolute Gasteiger partial charge is 0.507 e. The highest BCUT2D eigenvalue weighted by atomic mass is 32.1. The summed E-state index contributed by atoms with van der Waals surface area (Å²) >= 11 is 1.31. The number of hydrogen-bond donors (Lipinski definition) is 2. The normalized spacial score (nSPS) is 10.2. The van der Waals surface area contributed by atoms with E-state index in [1.807, 2.05) is 6.92 Å². The first-order valence-corrected chi connectivity index (χ1v) is 6.46. The van der Waals surface area contributed by atoms with Gasteiger partial charge in [-0.05, 0) is 18.6 Å². The summed E-state index contributed by atoms with van der Waals surface area (Å²) in [7, 11) is 1.49. The molecular formula is C12H13N3O3S. The zero-order valence-corrected chi connectivity index (χ0v) is 11.3. The zero-order chi connectivity index (χ0) is 13.8. The number of carbonyl (C=O) groups excluding carboxylic acids is 1. The number of nitrogens with one attached hydrogen (secondary N) is 1. The molecule has 2 aromatic rings. The number of anilines is 1. The van der Waals surface area contributed by atoms with Crippen molar-refractivity contribution in [2.75, 3.05) is 12.4 Å². The Bertz CT molecular complexity index is 598. The standard InChI is InChI=1S/C12H13N3O3S/c1-3-10-14-15-12(19-10)13-11(17)8-5-4-7(18-2)6-9(8)16/h4-6,16H,3H2,1-2H3,(H,13,15,17). The van der Waals surface area contributed by atoms with E-state index in [2.05, 4.69) is 15.5 Å². The van der Waals surface area contributed by atoms with Crippen molar-refractivity contribution in [1.29, 1.82) is 0 Å². The second-order valence-electron chi connectivity index (χ2n) is 3.69. The molecule has 0 spiro atoms. The summed E-state index contributed by atoms with van der Waals surface area (Å²) in [5, 5.41) is 21.3. The summed E-state index contributed by atoms with van der Waals surface area (Å²) < 4.78 is 4.95. The Hall–Kier alpha value is -2.15. The average Bonchev–Trinajstić information content (AvgIpc) is 2.86. The van der Waals surface area contributed by atoms with Crippen LogP contribution in [0.4, 0.5) is 5.13 Å². The van der Waals surface area contributed by atoms with Gasteiger partial charge in [0.15, 0.2) is 0 Å². The number of aryl methyl sites for hydroxylation is 1. The van der Waals surface area contributed by atoms with Gasteiger partial charge in [0.1, 0.15) is 16.5 Å². The fourth-order valence-electron chi connectivity index (χ4n) is 1.44. The Morgan fingerprint density at radius 2 is 2.26 bits per heavy atom. The third-order valence-electron chi connectivity index (χ3n) is 2.44. The Morgan fingerprint density at radius 1 is 1.47 bits per heavy atom. The molecule has 0 aliphatic rings. The Kier molecular flexibility index (Phi) is 3.96. The number of ether oxygens (including phenoxy) is 1. The lowest BCUT2D eigenvalue weighted by atomic mass is 10.2. The van der Waals surface area contributed by atoms with Crippen LogP contribution in [0, 0.1) is 0 Å². The van der Waals surface area contributed by atoms with E-state index >= 15 is 0 Å². The maximum Gasteiger partial charge on any atom is 0.261 e. The number of benzene rings is 1. The zero-order valence-electron chi connectivity index (χ0n) is 10.5. The van der Waals surface area contributed by atoms with Crippen LogP contribution in [0.5, 0.6) is 11.5 Å². The fraction of sp³-hybridized carbons (Fsp3) is 0.250. The van der Waals surface area contributed by atoms with Crippen molar-refractivity contribution in [2.24, 2.45) is 0 Å². The molecule has 0 bridgehead atoms. The van der Waals surface area contributed by atoms with Crippen LogP contribution in [-0.4, -0.2) is 28.3 Å². The quantitative estimate of drug-likeness (QED) is 0.895. The summed E-state index contributed by atoms with van der Waals surface area (Å²) in [4.78, 5) is 12.0. The number of carbonyl (C=O) groups is 1. The van der Waals surface area contributed by atoms with E-state index in [0.29, 0.717) is 10.9 Å². The van der Waals surface area contributed by atoms with Crippen molar-refractivity contribution in [2.45, 2.75) is 13.3 Å². The monoisotopic (exact) mass is 279 g/mol. The SMILES string of the molecule is CCc1nnc(NC(=O)c2ccc(OC)cc2O)s1. The predicted molar refractivity (Wildman–Crippen MR) is 71.9 cm³/mol. The number of methoxy groups -OCH3 is 1. The maximum absolute atomic E-state index is 12.0. The number of phenolic OH excluding ortho intramolecular Hbond substituents is 1. The lowest BCUT2D eigenvalue weighted by molar-refractivity contribution is 0.102. The number of rotatable bonds is 4. The first-order valence-electron chi connectivity index (χ1n) is 5.64. The van der Waals surface area contributed by atoms with Gasteiger partial charge in [0.25, 0.3) is 5.91 Å². The van der Waals surface area contributed by atoms with Crippen LogP contribution >= 0.6 is 11.3 Å². The second-order valence-corrected chi connectivity index (χ2v) is 4.75. The average molecular weight is 279 g/mol. The second kappa shape index (κ2) is 5.66. The van der Waals surface area contributed by atoms with Gasteiger partial charge in [-0.1, -0.05) is 18.3 Å². The highest BCUT2D eigenvalue weighted by Crippen LogP contribution is 2.25. The van der Waals surface area contributed by atoms with Gasteiger partial charge in [-0.15, -0.1) is 10.2 Å². The maximum atomic E-state index is 12.0. The smallest absolute Gasteiger partial charge is 0.261 e. The van der Waals surface area contributed by atoms with Crippen molar-refractivity contribution >= 4 is 22.4 Å². The van der Waals surface area contributed by atoms with Gasteiger partial charge in [-0.25, -0.2) is 0 Å². The van der Waals surface area contributed by atoms with Crippen LogP contribution < -0.4 is 10.1 Å². The van der Waals surface area contributed by atoms with Crippen molar-refractivity contribution < 1.29 is 14.6 Å². The molecule has 19 heavy (non-hydrogen) atoms. The van der Waals surface area contributed by atoms with Crippen molar-refractivity contribution in [3.63, 3.8) is 0 Å². The van der Waals surface area contributed by atoms with E-state index in [4.69, 9.17) is 4.74 Å². The molecule has 0 radical (unpaired) electrons. The van der Waals surface area contributed by atoms with Crippen molar-refractivity contribution in [3.8, 4) is 11.5 Å². The van der Waals surface area contributed by atoms with Crippen molar-refractivity contribution in [1.82, 2.24) is 10.2 Å². The molecule has 0 aliphatic heterocycles. The number of amides is 1. The summed E-state index contributed by atoms with van der Waals surface area (Å²) in [6.45, 7) is 1.96. The van der Waals surface area contributed by atoms with E-state index < -0.39 is 5.91 Å². The van der Waals surface area contributed by atoms with Gasteiger partial charge >= 0.3 is 0 Å². The van der Waals surface area contributed by atoms with Crippen LogP contribution in [0.15, 0.2) is 18.2 Å². The van der Waals surface area contributed by atoms with Crippen LogP contribution in [0.2, 0.25) is 0 Å². The Morgan fingerprint density at radius 3 is 2.84 bits per heavy atom. The molecule has 0 unspecified atom stereocenters. The number of phenols is 1. The molecule has 2 rings (SSSR count). The number of aromatic hydroxyl groups is 1. The van der Waals surface area contributed by atoms with E-state index in [0.717, 1.165) is 11.4 Å². The van der Waals surface area contributed by atoms with E-state index in [9.17, 15) is 9.90 Å². The highest BCUT2D eigenvalue weighted by molar-refractivity contribution is 7.15. The van der Waals surface area contributed by atoms with Gasteiger partial charge in [0, 0.05) is 6.07 Å². The molecule has 100 valence electrons. The number of hydrogen-bond acceptors (Lipinski definition) is 6. The van der Waals surface area contributed by atoms with Gasteiger partial charge in [0.05, 0.1) is 12.7 Å². The molecule has 2 N–H and O–H groups in total. The molecule has 0 aliphatic carbocycles. The molecule has 1 heterocycles. The van der Waals surface area contributed by atoms with Gasteiger partial charge in [-0.3, -0.25) is 10.1 Å². The van der Waals surface area contributed by atoms with Crippen LogP contribution in [0.1, 0.15) is 22.3 Å². The molecule has 1 aromatic carbocycles. The van der Waals surface area contributed by atoms with E-state index in [1.54, 1.807) is 6.07 Å². The minimum atomic E-state index is -0.432. The highest BCUT2D eigenvalue weighted by Gasteiger charge is 2.14. The molecule has 1 aromatic heterocycles. The van der Waals surface area contributed by atoms with Crippen LogP contribution in [-0.2, 0) is 6.42 Å². The summed E-state index contributed by atoms with van der Waals surface area (Å²) in [6.07, 6.45) is 0.765. The molecule has 6 nitrogen and oxygen atoms in total. The summed E-state index contributed by atoms with van der Waals surface area (Å²) in [5.74, 6) is -0.0886. The topological polar surface area (TPSA) is 84.3 Å². The lowest BCUT2D eigenvalue weighted by Gasteiger charge is -2.05. The fourth-order valence-corrected chi connectivity index (χ4v) is 2.12. The minimum Gasteiger partial charge on any atom is -0.507 e. The molecule has 7 heteroatoms. The minimum absolute atomic E-state index is 0.142. The lowest BCUT2D eigenvalue weighted by Crippen LogP contribution is -2.11. The van der Waals surface area contributed by atoms with Crippen LogP contribution in [0.3, 0.4) is 0 Å². The molecule has 0 saturated heterocycles. The Labute approximate surface area is 114 Å². The molecule has 0 saturated carbocycles. The first kappa shape index (κ1) is 13.3. The third-order valence-corrected chi connectivity index (χ3v) is 3.42. The summed E-state index contributed by atoms with van der Waals surface area (Å²) in [5.41, 5.74) is 0.161. The third kappa shape index (κ3) is 3.00. The molecule has 1 amide bonds. The van der Waals surface area contributed by atoms with Crippen molar-refractivity contribution in [3.05, 3.63) is 28.8 Å². The van der Waals surface area contributed by atoms with E-state index in [-0.39, 0.29) is 11.3 Å². The van der Waals surface area contributed by atoms with Gasteiger partial charge in [-0.2, -0.15) is 0 Å².